The first-order chi connectivity index (χ1) is 10.0. The highest BCUT2D eigenvalue weighted by atomic mass is 19.1. The van der Waals surface area contributed by atoms with E-state index in [2.05, 4.69) is 19.1 Å². The van der Waals surface area contributed by atoms with Crippen molar-refractivity contribution in [3.63, 3.8) is 0 Å². The van der Waals surface area contributed by atoms with Gasteiger partial charge in [0.25, 0.3) is 0 Å². The lowest BCUT2D eigenvalue weighted by atomic mass is 9.80. The number of rotatable bonds is 5. The Labute approximate surface area is 124 Å². The third kappa shape index (κ3) is 3.83. The van der Waals surface area contributed by atoms with E-state index in [9.17, 15) is 4.39 Å². The predicted molar refractivity (Wildman–Crippen MR) is 84.2 cm³/mol. The smallest absolute Gasteiger partial charge is 0.423 e. The molecule has 0 amide bonds. The molecule has 0 aliphatic rings. The molecule has 3 nitrogen and oxygen atoms in total. The summed E-state index contributed by atoms with van der Waals surface area (Å²) in [7, 11) is 0.253. The van der Waals surface area contributed by atoms with Crippen LogP contribution >= 0.6 is 0 Å². The Kier molecular flexibility index (Phi) is 4.99. The minimum absolute atomic E-state index is 0.159. The normalized spacial score (nSPS) is 10.5. The van der Waals surface area contributed by atoms with Gasteiger partial charge in [-0.2, -0.15) is 0 Å². The molecule has 0 heterocycles. The minimum atomic E-state index is -1.65. The molecule has 2 aromatic rings. The molecular formula is C16H19BFNO2. The summed E-state index contributed by atoms with van der Waals surface area (Å²) < 4.78 is 14.0. The molecule has 2 N–H and O–H groups in total. The second kappa shape index (κ2) is 6.74. The highest BCUT2D eigenvalue weighted by molar-refractivity contribution is 6.58. The minimum Gasteiger partial charge on any atom is -0.423 e. The number of anilines is 1. The Bertz CT molecular complexity index is 602. The van der Waals surface area contributed by atoms with Crippen LogP contribution in [0.15, 0.2) is 42.5 Å². The molecule has 2 rings (SSSR count). The van der Waals surface area contributed by atoms with Crippen LogP contribution in [0.1, 0.15) is 18.1 Å². The van der Waals surface area contributed by atoms with Crippen LogP contribution in [0.2, 0.25) is 0 Å². The molecule has 0 spiro atoms. The fraction of sp³-hybridized carbons (Fsp3) is 0.250. The van der Waals surface area contributed by atoms with Gasteiger partial charge >= 0.3 is 7.12 Å². The van der Waals surface area contributed by atoms with E-state index < -0.39 is 12.9 Å². The zero-order valence-corrected chi connectivity index (χ0v) is 12.3. The first-order valence-corrected chi connectivity index (χ1v) is 6.95. The van der Waals surface area contributed by atoms with Gasteiger partial charge in [-0.3, -0.25) is 0 Å². The highest BCUT2D eigenvalue weighted by Gasteiger charge is 2.14. The second-order valence-electron chi connectivity index (χ2n) is 5.10. The van der Waals surface area contributed by atoms with Crippen LogP contribution in [0.5, 0.6) is 0 Å². The largest absolute Gasteiger partial charge is 0.488 e. The van der Waals surface area contributed by atoms with E-state index in [-0.39, 0.29) is 5.46 Å². The number of halogens is 1. The van der Waals surface area contributed by atoms with Crippen LogP contribution in [0.3, 0.4) is 0 Å². The van der Waals surface area contributed by atoms with Crippen LogP contribution in [0, 0.1) is 5.82 Å². The van der Waals surface area contributed by atoms with Crippen LogP contribution in [0.25, 0.3) is 0 Å². The zero-order valence-electron chi connectivity index (χ0n) is 12.3. The van der Waals surface area contributed by atoms with Gasteiger partial charge in [0.2, 0.25) is 0 Å². The van der Waals surface area contributed by atoms with Crippen molar-refractivity contribution in [2.45, 2.75) is 19.9 Å². The molecule has 0 saturated heterocycles. The van der Waals surface area contributed by atoms with Gasteiger partial charge in [-0.1, -0.05) is 31.2 Å². The summed E-state index contributed by atoms with van der Waals surface area (Å²) in [5, 5.41) is 18.1. The van der Waals surface area contributed by atoms with E-state index in [1.807, 2.05) is 24.1 Å². The summed E-state index contributed by atoms with van der Waals surface area (Å²) in [6, 6.07) is 12.4. The standard InChI is InChI=1S/C16H19BFNO2/c1-3-12-4-8-15(9-5-12)19(2)11-13-6-7-14(17(20)21)10-16(13)18/h4-10,20-21H,3,11H2,1-2H3. The van der Waals surface area contributed by atoms with E-state index in [1.54, 1.807) is 6.07 Å². The maximum absolute atomic E-state index is 14.0. The van der Waals surface area contributed by atoms with Gasteiger partial charge in [0, 0.05) is 24.8 Å². The third-order valence-corrected chi connectivity index (χ3v) is 3.57. The van der Waals surface area contributed by atoms with E-state index in [0.717, 1.165) is 18.2 Å². The predicted octanol–water partition coefficient (Wildman–Crippen LogP) is 1.70. The molecule has 2 aromatic carbocycles. The van der Waals surface area contributed by atoms with Crippen molar-refractivity contribution < 1.29 is 14.4 Å². The molecule has 110 valence electrons. The second-order valence-corrected chi connectivity index (χ2v) is 5.10. The number of hydrogen-bond acceptors (Lipinski definition) is 3. The fourth-order valence-corrected chi connectivity index (χ4v) is 2.19. The Morgan fingerprint density at radius 1 is 1.10 bits per heavy atom. The van der Waals surface area contributed by atoms with Gasteiger partial charge in [0.1, 0.15) is 5.82 Å². The van der Waals surface area contributed by atoms with Gasteiger partial charge in [-0.25, -0.2) is 4.39 Å². The summed E-state index contributed by atoms with van der Waals surface area (Å²) in [4.78, 5) is 1.95. The van der Waals surface area contributed by atoms with Crippen molar-refractivity contribution >= 4 is 18.3 Å². The molecule has 0 aliphatic heterocycles. The molecule has 21 heavy (non-hydrogen) atoms. The Morgan fingerprint density at radius 3 is 2.29 bits per heavy atom. The quantitative estimate of drug-likeness (QED) is 0.823. The molecule has 0 atom stereocenters. The maximum atomic E-state index is 14.0. The van der Waals surface area contributed by atoms with Crippen molar-refractivity contribution in [1.82, 2.24) is 0 Å². The topological polar surface area (TPSA) is 43.7 Å². The van der Waals surface area contributed by atoms with E-state index >= 15 is 0 Å². The molecule has 0 aromatic heterocycles. The average molecular weight is 287 g/mol. The lowest BCUT2D eigenvalue weighted by Gasteiger charge is -2.20. The summed E-state index contributed by atoms with van der Waals surface area (Å²) >= 11 is 0. The lowest BCUT2D eigenvalue weighted by Crippen LogP contribution is -2.30. The van der Waals surface area contributed by atoms with E-state index in [1.165, 1.54) is 11.6 Å². The van der Waals surface area contributed by atoms with Gasteiger partial charge in [-0.05, 0) is 35.6 Å². The van der Waals surface area contributed by atoms with Crippen LogP contribution in [0.4, 0.5) is 10.1 Å². The van der Waals surface area contributed by atoms with Crippen molar-refractivity contribution in [3.05, 3.63) is 59.4 Å². The summed E-state index contributed by atoms with van der Waals surface area (Å²) in [5.74, 6) is -0.433. The molecular weight excluding hydrogens is 268 g/mol. The lowest BCUT2D eigenvalue weighted by molar-refractivity contribution is 0.425. The first kappa shape index (κ1) is 15.5. The number of benzene rings is 2. The summed E-state index contributed by atoms with van der Waals surface area (Å²) in [6.07, 6.45) is 0.990. The van der Waals surface area contributed by atoms with Gasteiger partial charge in [0.05, 0.1) is 0 Å². The maximum Gasteiger partial charge on any atom is 0.488 e. The summed E-state index contributed by atoms with van der Waals surface area (Å²) in [6.45, 7) is 2.52. The molecule has 0 fully saturated rings. The molecule has 0 saturated carbocycles. The third-order valence-electron chi connectivity index (χ3n) is 3.57. The van der Waals surface area contributed by atoms with Crippen molar-refractivity contribution in [2.75, 3.05) is 11.9 Å². The van der Waals surface area contributed by atoms with Crippen molar-refractivity contribution in [3.8, 4) is 0 Å². The molecule has 0 aliphatic carbocycles. The van der Waals surface area contributed by atoms with Crippen molar-refractivity contribution in [1.29, 1.82) is 0 Å². The SMILES string of the molecule is CCc1ccc(N(C)Cc2ccc(B(O)O)cc2F)cc1. The first-order valence-electron chi connectivity index (χ1n) is 6.95. The Hall–Kier alpha value is -1.85. The van der Waals surface area contributed by atoms with Crippen LogP contribution < -0.4 is 10.4 Å². The van der Waals surface area contributed by atoms with E-state index in [4.69, 9.17) is 10.0 Å². The Balaban J connectivity index is 2.13. The summed E-state index contributed by atoms with van der Waals surface area (Å²) in [5.41, 5.74) is 2.95. The van der Waals surface area contributed by atoms with Gasteiger partial charge < -0.3 is 14.9 Å². The zero-order chi connectivity index (χ0) is 15.4. The Morgan fingerprint density at radius 2 is 1.76 bits per heavy atom. The monoisotopic (exact) mass is 287 g/mol. The van der Waals surface area contributed by atoms with Crippen LogP contribution in [-0.4, -0.2) is 24.2 Å². The number of hydrogen-bond donors (Lipinski definition) is 2. The van der Waals surface area contributed by atoms with Gasteiger partial charge in [0.15, 0.2) is 0 Å². The molecule has 0 radical (unpaired) electrons. The number of nitrogens with zero attached hydrogens (tertiary/aromatic N) is 1. The highest BCUT2D eigenvalue weighted by Crippen LogP contribution is 2.17. The molecule has 5 heteroatoms. The van der Waals surface area contributed by atoms with Gasteiger partial charge in [-0.15, -0.1) is 0 Å². The van der Waals surface area contributed by atoms with E-state index in [0.29, 0.717) is 12.1 Å². The van der Waals surface area contributed by atoms with Crippen LogP contribution in [-0.2, 0) is 13.0 Å². The number of aryl methyl sites for hydroxylation is 1. The van der Waals surface area contributed by atoms with Crippen molar-refractivity contribution in [2.24, 2.45) is 0 Å². The average Bonchev–Trinajstić information content (AvgIpc) is 2.49. The molecule has 0 unspecified atom stereocenters. The molecule has 0 bridgehead atoms. The fourth-order valence-electron chi connectivity index (χ4n) is 2.19.